The Morgan fingerprint density at radius 2 is 1.78 bits per heavy atom. The smallest absolute Gasteiger partial charge is 0.261 e. The number of carbonyl (C=O) groups excluding carboxylic acids is 2. The predicted octanol–water partition coefficient (Wildman–Crippen LogP) is 2.02. The fourth-order valence-corrected chi connectivity index (χ4v) is 2.37. The molecule has 0 atom stereocenters. The average Bonchev–Trinajstić information content (AvgIpc) is 2.84. The first-order valence-electron chi connectivity index (χ1n) is 7.15. The number of ether oxygens (including phenoxy) is 1. The highest BCUT2D eigenvalue weighted by Gasteiger charge is 2.34. The molecule has 23 heavy (non-hydrogen) atoms. The van der Waals surface area contributed by atoms with Gasteiger partial charge in [0.05, 0.1) is 23.3 Å². The van der Waals surface area contributed by atoms with Crippen LogP contribution in [0.1, 0.15) is 32.7 Å². The van der Waals surface area contributed by atoms with Crippen molar-refractivity contribution < 1.29 is 14.3 Å². The van der Waals surface area contributed by atoms with Gasteiger partial charge in [0.2, 0.25) is 5.88 Å². The summed E-state index contributed by atoms with van der Waals surface area (Å²) in [6.45, 7) is 0.620. The molecule has 1 aliphatic rings. The van der Waals surface area contributed by atoms with E-state index in [1.807, 2.05) is 6.07 Å². The van der Waals surface area contributed by atoms with E-state index in [9.17, 15) is 9.59 Å². The van der Waals surface area contributed by atoms with Gasteiger partial charge in [0.25, 0.3) is 11.8 Å². The molecule has 0 N–H and O–H groups in total. The fraction of sp³-hybridized carbons (Fsp3) is 0.176. The lowest BCUT2D eigenvalue weighted by Crippen LogP contribution is -2.31. The molecule has 0 saturated carbocycles. The second-order valence-corrected chi connectivity index (χ2v) is 5.01. The van der Waals surface area contributed by atoms with Gasteiger partial charge in [0.1, 0.15) is 6.07 Å². The van der Waals surface area contributed by atoms with Crippen LogP contribution >= 0.6 is 0 Å². The van der Waals surface area contributed by atoms with Crippen LogP contribution in [0.3, 0.4) is 0 Å². The number of pyridine rings is 1. The molecule has 2 amide bonds. The highest BCUT2D eigenvalue weighted by Crippen LogP contribution is 2.22. The van der Waals surface area contributed by atoms with Gasteiger partial charge in [0.15, 0.2) is 0 Å². The van der Waals surface area contributed by atoms with Gasteiger partial charge in [-0.05, 0) is 24.6 Å². The van der Waals surface area contributed by atoms with E-state index in [0.29, 0.717) is 42.1 Å². The van der Waals surface area contributed by atoms with E-state index in [4.69, 9.17) is 10.00 Å². The van der Waals surface area contributed by atoms with Gasteiger partial charge in [-0.1, -0.05) is 12.1 Å². The zero-order chi connectivity index (χ0) is 16.2. The third kappa shape index (κ3) is 2.90. The van der Waals surface area contributed by atoms with Gasteiger partial charge in [-0.2, -0.15) is 5.26 Å². The molecule has 0 radical (unpaired) electrons. The molecule has 0 unspecified atom stereocenters. The second kappa shape index (κ2) is 6.28. The standard InChI is InChI=1S/C17H13N3O3/c18-10-12-6-7-15(19-11-12)23-9-3-8-20-16(21)13-4-1-2-5-14(13)17(20)22/h1-2,4-7,11H,3,8-9H2. The summed E-state index contributed by atoms with van der Waals surface area (Å²) < 4.78 is 5.44. The van der Waals surface area contributed by atoms with Crippen LogP contribution in [0.4, 0.5) is 0 Å². The molecule has 2 aromatic rings. The maximum atomic E-state index is 12.2. The van der Waals surface area contributed by atoms with Gasteiger partial charge in [-0.15, -0.1) is 0 Å². The molecular weight excluding hydrogens is 294 g/mol. The molecule has 6 heteroatoms. The summed E-state index contributed by atoms with van der Waals surface area (Å²) in [6.07, 6.45) is 1.94. The van der Waals surface area contributed by atoms with E-state index < -0.39 is 0 Å². The summed E-state index contributed by atoms with van der Waals surface area (Å²) in [4.78, 5) is 29.6. The molecule has 1 aromatic heterocycles. The Morgan fingerprint density at radius 1 is 1.09 bits per heavy atom. The molecule has 0 aliphatic carbocycles. The van der Waals surface area contributed by atoms with Crippen LogP contribution in [0.15, 0.2) is 42.6 Å². The molecule has 0 saturated heterocycles. The SMILES string of the molecule is N#Cc1ccc(OCCCN2C(=O)c3ccccc3C2=O)nc1. The minimum Gasteiger partial charge on any atom is -0.478 e. The Kier molecular flexibility index (Phi) is 4.02. The minimum absolute atomic E-state index is 0.262. The third-order valence-electron chi connectivity index (χ3n) is 3.52. The summed E-state index contributed by atoms with van der Waals surface area (Å²) in [7, 11) is 0. The second-order valence-electron chi connectivity index (χ2n) is 5.01. The lowest BCUT2D eigenvalue weighted by Gasteiger charge is -2.13. The normalized spacial score (nSPS) is 12.9. The number of benzene rings is 1. The maximum absolute atomic E-state index is 12.2. The van der Waals surface area contributed by atoms with Crippen molar-refractivity contribution in [1.29, 1.82) is 5.26 Å². The van der Waals surface area contributed by atoms with Crippen LogP contribution in [0.2, 0.25) is 0 Å². The zero-order valence-corrected chi connectivity index (χ0v) is 12.2. The Balaban J connectivity index is 1.53. The fourth-order valence-electron chi connectivity index (χ4n) is 2.37. The van der Waals surface area contributed by atoms with Crippen molar-refractivity contribution in [2.24, 2.45) is 0 Å². The molecule has 0 spiro atoms. The first kappa shape index (κ1) is 14.7. The van der Waals surface area contributed by atoms with E-state index in [-0.39, 0.29) is 11.8 Å². The number of rotatable bonds is 5. The number of fused-ring (bicyclic) bond motifs is 1. The van der Waals surface area contributed by atoms with Crippen molar-refractivity contribution >= 4 is 11.8 Å². The number of amides is 2. The van der Waals surface area contributed by atoms with Crippen molar-refractivity contribution in [2.45, 2.75) is 6.42 Å². The van der Waals surface area contributed by atoms with Crippen LogP contribution in [-0.4, -0.2) is 34.8 Å². The Hall–Kier alpha value is -3.20. The van der Waals surface area contributed by atoms with Crippen LogP contribution in [0.25, 0.3) is 0 Å². The molecule has 0 bridgehead atoms. The van der Waals surface area contributed by atoms with Crippen molar-refractivity contribution in [1.82, 2.24) is 9.88 Å². The number of nitriles is 1. The molecule has 1 aliphatic heterocycles. The summed E-state index contributed by atoms with van der Waals surface area (Å²) >= 11 is 0. The van der Waals surface area contributed by atoms with Gasteiger partial charge in [-0.3, -0.25) is 14.5 Å². The number of carbonyl (C=O) groups is 2. The lowest BCUT2D eigenvalue weighted by atomic mass is 10.1. The predicted molar refractivity (Wildman–Crippen MR) is 80.9 cm³/mol. The molecule has 114 valence electrons. The number of aromatic nitrogens is 1. The van der Waals surface area contributed by atoms with Crippen LogP contribution in [0, 0.1) is 11.3 Å². The van der Waals surface area contributed by atoms with Gasteiger partial charge in [-0.25, -0.2) is 4.98 Å². The third-order valence-corrected chi connectivity index (χ3v) is 3.52. The molecule has 0 fully saturated rings. The van der Waals surface area contributed by atoms with Crippen LogP contribution in [-0.2, 0) is 0 Å². The summed E-state index contributed by atoms with van der Waals surface area (Å²) in [6, 6.07) is 12.0. The van der Waals surface area contributed by atoms with E-state index in [1.54, 1.807) is 36.4 Å². The Bertz CT molecular complexity index is 758. The number of nitrogens with zero attached hydrogens (tertiary/aromatic N) is 3. The van der Waals surface area contributed by atoms with Gasteiger partial charge in [0, 0.05) is 18.8 Å². The molecule has 2 heterocycles. The summed E-state index contributed by atoms with van der Waals surface area (Å²) in [5.41, 5.74) is 1.36. The van der Waals surface area contributed by atoms with Crippen molar-refractivity contribution in [3.8, 4) is 11.9 Å². The topological polar surface area (TPSA) is 83.3 Å². The van der Waals surface area contributed by atoms with E-state index in [0.717, 1.165) is 0 Å². The van der Waals surface area contributed by atoms with Crippen LogP contribution in [0.5, 0.6) is 5.88 Å². The zero-order valence-electron chi connectivity index (χ0n) is 12.2. The molecule has 3 rings (SSSR count). The Morgan fingerprint density at radius 3 is 2.35 bits per heavy atom. The maximum Gasteiger partial charge on any atom is 0.261 e. The van der Waals surface area contributed by atoms with Gasteiger partial charge < -0.3 is 4.74 Å². The van der Waals surface area contributed by atoms with E-state index in [1.165, 1.54) is 11.1 Å². The molecule has 6 nitrogen and oxygen atoms in total. The van der Waals surface area contributed by atoms with Crippen molar-refractivity contribution in [2.75, 3.05) is 13.2 Å². The summed E-state index contributed by atoms with van der Waals surface area (Å²) in [5, 5.41) is 8.69. The first-order chi connectivity index (χ1) is 11.2. The highest BCUT2D eigenvalue weighted by atomic mass is 16.5. The van der Waals surface area contributed by atoms with E-state index >= 15 is 0 Å². The minimum atomic E-state index is -0.262. The molecule has 1 aromatic carbocycles. The first-order valence-corrected chi connectivity index (χ1v) is 7.15. The number of hydrogen-bond acceptors (Lipinski definition) is 5. The molecular formula is C17H13N3O3. The van der Waals surface area contributed by atoms with Crippen molar-refractivity contribution in [3.63, 3.8) is 0 Å². The van der Waals surface area contributed by atoms with Gasteiger partial charge >= 0.3 is 0 Å². The average molecular weight is 307 g/mol. The number of hydrogen-bond donors (Lipinski definition) is 0. The Labute approximate surface area is 132 Å². The lowest BCUT2D eigenvalue weighted by molar-refractivity contribution is 0.0646. The largest absolute Gasteiger partial charge is 0.478 e. The summed E-state index contributed by atoms with van der Waals surface area (Å²) in [5.74, 6) is -0.115. The van der Waals surface area contributed by atoms with Crippen LogP contribution < -0.4 is 4.74 Å². The highest BCUT2D eigenvalue weighted by molar-refractivity contribution is 6.21. The number of imide groups is 1. The van der Waals surface area contributed by atoms with E-state index in [2.05, 4.69) is 4.98 Å². The quantitative estimate of drug-likeness (QED) is 0.623. The van der Waals surface area contributed by atoms with Crippen molar-refractivity contribution in [3.05, 3.63) is 59.3 Å². The monoisotopic (exact) mass is 307 g/mol.